The first-order valence-electron chi connectivity index (χ1n) is 6.25. The number of aromatic nitrogens is 1. The molecule has 6 heteroatoms. The van der Waals surface area contributed by atoms with E-state index in [0.717, 1.165) is 17.9 Å². The van der Waals surface area contributed by atoms with Crippen molar-refractivity contribution in [3.8, 4) is 5.75 Å². The van der Waals surface area contributed by atoms with Gasteiger partial charge in [0.25, 0.3) is 0 Å². The molecule has 0 aromatic carbocycles. The zero-order chi connectivity index (χ0) is 14.1. The van der Waals surface area contributed by atoms with Crippen molar-refractivity contribution in [3.05, 3.63) is 23.5 Å². The standard InChI is InChI=1S/C13H22N2O4/c1-10-3-4-13(19-9-11(17)8-16)12(15-10)7-14-5-6-18-2/h3-4,11,14,16-17H,5-9H2,1-2H3. The Bertz CT molecular complexity index is 374. The molecule has 0 bridgehead atoms. The summed E-state index contributed by atoms with van der Waals surface area (Å²) < 4.78 is 10.4. The molecule has 108 valence electrons. The molecule has 1 atom stereocenters. The first-order chi connectivity index (χ1) is 9.17. The lowest BCUT2D eigenvalue weighted by Gasteiger charge is -2.14. The van der Waals surface area contributed by atoms with E-state index in [1.807, 2.05) is 19.1 Å². The van der Waals surface area contributed by atoms with Crippen LogP contribution in [-0.2, 0) is 11.3 Å². The Morgan fingerprint density at radius 2 is 2.21 bits per heavy atom. The van der Waals surface area contributed by atoms with Crippen LogP contribution in [0.1, 0.15) is 11.4 Å². The highest BCUT2D eigenvalue weighted by Gasteiger charge is 2.08. The number of rotatable bonds is 9. The molecule has 1 aromatic heterocycles. The molecule has 0 amide bonds. The summed E-state index contributed by atoms with van der Waals surface area (Å²) in [4.78, 5) is 4.40. The van der Waals surface area contributed by atoms with Crippen LogP contribution < -0.4 is 10.1 Å². The summed E-state index contributed by atoms with van der Waals surface area (Å²) in [6.45, 7) is 3.56. The Morgan fingerprint density at radius 3 is 2.89 bits per heavy atom. The summed E-state index contributed by atoms with van der Waals surface area (Å²) in [5.74, 6) is 0.614. The molecule has 0 fully saturated rings. The lowest BCUT2D eigenvalue weighted by Crippen LogP contribution is -2.23. The van der Waals surface area contributed by atoms with E-state index >= 15 is 0 Å². The molecule has 6 nitrogen and oxygen atoms in total. The van der Waals surface area contributed by atoms with Gasteiger partial charge < -0.3 is 25.0 Å². The highest BCUT2D eigenvalue weighted by atomic mass is 16.5. The molecular weight excluding hydrogens is 248 g/mol. The van der Waals surface area contributed by atoms with Gasteiger partial charge in [0.05, 0.1) is 18.9 Å². The number of aliphatic hydroxyl groups is 2. The van der Waals surface area contributed by atoms with E-state index in [1.54, 1.807) is 7.11 Å². The van der Waals surface area contributed by atoms with Crippen LogP contribution in [0.15, 0.2) is 12.1 Å². The van der Waals surface area contributed by atoms with E-state index in [9.17, 15) is 5.11 Å². The highest BCUT2D eigenvalue weighted by Crippen LogP contribution is 2.17. The number of ether oxygens (including phenoxy) is 2. The van der Waals surface area contributed by atoms with Crippen molar-refractivity contribution < 1.29 is 19.7 Å². The third-order valence-corrected chi connectivity index (χ3v) is 2.49. The normalized spacial score (nSPS) is 12.4. The maximum absolute atomic E-state index is 9.28. The molecule has 0 saturated heterocycles. The van der Waals surface area contributed by atoms with E-state index in [-0.39, 0.29) is 13.2 Å². The molecule has 1 rings (SSSR count). The van der Waals surface area contributed by atoms with Crippen molar-refractivity contribution >= 4 is 0 Å². The number of methoxy groups -OCH3 is 1. The maximum atomic E-state index is 9.28. The molecule has 3 N–H and O–H groups in total. The summed E-state index contributed by atoms with van der Waals surface area (Å²) in [5, 5.41) is 21.2. The second-order valence-electron chi connectivity index (χ2n) is 4.21. The topological polar surface area (TPSA) is 83.8 Å². The molecule has 1 heterocycles. The summed E-state index contributed by atoms with van der Waals surface area (Å²) in [5.41, 5.74) is 1.68. The molecule has 19 heavy (non-hydrogen) atoms. The number of nitrogens with zero attached hydrogens (tertiary/aromatic N) is 1. The molecule has 0 spiro atoms. The number of aryl methyl sites for hydroxylation is 1. The smallest absolute Gasteiger partial charge is 0.142 e. The van der Waals surface area contributed by atoms with E-state index in [0.29, 0.717) is 18.9 Å². The van der Waals surface area contributed by atoms with Gasteiger partial charge in [-0.1, -0.05) is 0 Å². The maximum Gasteiger partial charge on any atom is 0.142 e. The molecule has 0 aliphatic heterocycles. The Balaban J connectivity index is 2.58. The molecule has 0 aliphatic carbocycles. The second kappa shape index (κ2) is 8.82. The zero-order valence-electron chi connectivity index (χ0n) is 11.4. The molecule has 0 saturated carbocycles. The predicted octanol–water partition coefficient (Wildman–Crippen LogP) is -0.142. The van der Waals surface area contributed by atoms with E-state index in [1.165, 1.54) is 0 Å². The van der Waals surface area contributed by atoms with E-state index in [4.69, 9.17) is 14.6 Å². The van der Waals surface area contributed by atoms with Gasteiger partial charge in [0.2, 0.25) is 0 Å². The van der Waals surface area contributed by atoms with Crippen LogP contribution in [0.5, 0.6) is 5.75 Å². The summed E-state index contributed by atoms with van der Waals surface area (Å²) >= 11 is 0. The van der Waals surface area contributed by atoms with Crippen LogP contribution in [0, 0.1) is 6.92 Å². The Kier molecular flexibility index (Phi) is 7.35. The Labute approximate surface area is 113 Å². The van der Waals surface area contributed by atoms with Crippen molar-refractivity contribution in [1.29, 1.82) is 0 Å². The molecule has 0 radical (unpaired) electrons. The first-order valence-corrected chi connectivity index (χ1v) is 6.25. The minimum Gasteiger partial charge on any atom is -0.489 e. The van der Waals surface area contributed by atoms with Crippen molar-refractivity contribution in [2.45, 2.75) is 19.6 Å². The van der Waals surface area contributed by atoms with Crippen molar-refractivity contribution in [2.75, 3.05) is 33.5 Å². The van der Waals surface area contributed by atoms with Gasteiger partial charge in [0.15, 0.2) is 0 Å². The van der Waals surface area contributed by atoms with Crippen LogP contribution in [-0.4, -0.2) is 54.8 Å². The van der Waals surface area contributed by atoms with Crippen molar-refractivity contribution in [2.24, 2.45) is 0 Å². The van der Waals surface area contributed by atoms with E-state index < -0.39 is 6.10 Å². The van der Waals surface area contributed by atoms with E-state index in [2.05, 4.69) is 10.3 Å². The highest BCUT2D eigenvalue weighted by molar-refractivity contribution is 5.29. The van der Waals surface area contributed by atoms with Gasteiger partial charge in [-0.15, -0.1) is 0 Å². The second-order valence-corrected chi connectivity index (χ2v) is 4.21. The average molecular weight is 270 g/mol. The minimum atomic E-state index is -0.879. The number of hydrogen-bond donors (Lipinski definition) is 3. The van der Waals surface area contributed by atoms with Gasteiger partial charge in [-0.25, -0.2) is 0 Å². The summed E-state index contributed by atoms with van der Waals surface area (Å²) in [6, 6.07) is 3.67. The molecule has 0 aliphatic rings. The number of nitrogens with one attached hydrogen (secondary N) is 1. The first kappa shape index (κ1) is 15.8. The van der Waals surface area contributed by atoms with Crippen LogP contribution in [0.25, 0.3) is 0 Å². The monoisotopic (exact) mass is 270 g/mol. The van der Waals surface area contributed by atoms with Crippen LogP contribution in [0.4, 0.5) is 0 Å². The summed E-state index contributed by atoms with van der Waals surface area (Å²) in [6.07, 6.45) is -0.879. The van der Waals surface area contributed by atoms with Gasteiger partial charge in [-0.3, -0.25) is 4.98 Å². The third kappa shape index (κ3) is 5.98. The number of hydrogen-bond acceptors (Lipinski definition) is 6. The largest absolute Gasteiger partial charge is 0.489 e. The third-order valence-electron chi connectivity index (χ3n) is 2.49. The van der Waals surface area contributed by atoms with Crippen LogP contribution >= 0.6 is 0 Å². The fraction of sp³-hybridized carbons (Fsp3) is 0.615. The van der Waals surface area contributed by atoms with Crippen LogP contribution in [0.3, 0.4) is 0 Å². The lowest BCUT2D eigenvalue weighted by atomic mass is 10.2. The fourth-order valence-electron chi connectivity index (χ4n) is 1.48. The Morgan fingerprint density at radius 1 is 1.42 bits per heavy atom. The van der Waals surface area contributed by atoms with Crippen molar-refractivity contribution in [3.63, 3.8) is 0 Å². The quantitative estimate of drug-likeness (QED) is 0.542. The number of pyridine rings is 1. The van der Waals surface area contributed by atoms with Crippen LogP contribution in [0.2, 0.25) is 0 Å². The van der Waals surface area contributed by atoms with Gasteiger partial charge >= 0.3 is 0 Å². The van der Waals surface area contributed by atoms with Gasteiger partial charge in [0, 0.05) is 25.9 Å². The zero-order valence-corrected chi connectivity index (χ0v) is 11.4. The molecular formula is C13H22N2O4. The predicted molar refractivity (Wildman–Crippen MR) is 71.1 cm³/mol. The molecule has 1 unspecified atom stereocenters. The lowest BCUT2D eigenvalue weighted by molar-refractivity contribution is 0.0531. The SMILES string of the molecule is COCCNCc1nc(C)ccc1OCC(O)CO. The van der Waals surface area contributed by atoms with Gasteiger partial charge in [-0.2, -0.15) is 0 Å². The minimum absolute atomic E-state index is 0.0479. The average Bonchev–Trinajstić information content (AvgIpc) is 2.42. The van der Waals surface area contributed by atoms with Gasteiger partial charge in [0.1, 0.15) is 18.5 Å². The van der Waals surface area contributed by atoms with Gasteiger partial charge in [-0.05, 0) is 19.1 Å². The number of aliphatic hydroxyl groups excluding tert-OH is 2. The Hall–Kier alpha value is -1.21. The summed E-state index contributed by atoms with van der Waals surface area (Å²) in [7, 11) is 1.65. The molecule has 1 aromatic rings. The van der Waals surface area contributed by atoms with Crippen molar-refractivity contribution in [1.82, 2.24) is 10.3 Å². The fourth-order valence-corrected chi connectivity index (χ4v) is 1.48.